The Morgan fingerprint density at radius 2 is 2.19 bits per heavy atom. The van der Waals surface area contributed by atoms with Gasteiger partial charge >= 0.3 is 0 Å². The van der Waals surface area contributed by atoms with Crippen molar-refractivity contribution >= 4 is 17.5 Å². The summed E-state index contributed by atoms with van der Waals surface area (Å²) in [6, 6.07) is 5.71. The first kappa shape index (κ1) is 13.1. The lowest BCUT2D eigenvalue weighted by atomic mass is 10.1. The van der Waals surface area contributed by atoms with Crippen LogP contribution in [0.2, 0.25) is 0 Å². The Bertz CT molecular complexity index is 361. The highest BCUT2D eigenvalue weighted by molar-refractivity contribution is 7.99. The van der Waals surface area contributed by atoms with Crippen molar-refractivity contribution < 1.29 is 9.53 Å². The predicted octanol–water partition coefficient (Wildman–Crippen LogP) is 3.33. The van der Waals surface area contributed by atoms with Gasteiger partial charge in [-0.05, 0) is 24.8 Å². The SMILES string of the molecule is CCSCCC(=O)c1cc(C)ccc1OC. The molecular weight excluding hydrogens is 220 g/mol. The summed E-state index contributed by atoms with van der Waals surface area (Å²) in [6.07, 6.45) is 0.582. The van der Waals surface area contributed by atoms with Gasteiger partial charge in [-0.3, -0.25) is 4.79 Å². The molecule has 0 fully saturated rings. The van der Waals surface area contributed by atoms with Gasteiger partial charge < -0.3 is 4.74 Å². The molecule has 1 aromatic rings. The molecule has 0 unspecified atom stereocenters. The molecule has 2 nitrogen and oxygen atoms in total. The van der Waals surface area contributed by atoms with Crippen molar-refractivity contribution in [1.29, 1.82) is 0 Å². The van der Waals surface area contributed by atoms with E-state index in [1.165, 1.54) is 0 Å². The van der Waals surface area contributed by atoms with Gasteiger partial charge in [0.1, 0.15) is 5.75 Å². The minimum atomic E-state index is 0.168. The lowest BCUT2D eigenvalue weighted by Crippen LogP contribution is -2.04. The van der Waals surface area contributed by atoms with E-state index in [9.17, 15) is 4.79 Å². The molecule has 0 aliphatic carbocycles. The molecule has 3 heteroatoms. The van der Waals surface area contributed by atoms with Crippen LogP contribution in [0.1, 0.15) is 29.3 Å². The molecule has 0 aliphatic heterocycles. The number of carbonyl (C=O) groups is 1. The lowest BCUT2D eigenvalue weighted by Gasteiger charge is -2.08. The Hall–Kier alpha value is -0.960. The summed E-state index contributed by atoms with van der Waals surface area (Å²) < 4.78 is 5.20. The van der Waals surface area contributed by atoms with E-state index in [0.717, 1.165) is 17.1 Å². The molecule has 88 valence electrons. The van der Waals surface area contributed by atoms with Crippen molar-refractivity contribution in [3.05, 3.63) is 29.3 Å². The van der Waals surface area contributed by atoms with Crippen molar-refractivity contribution in [3.8, 4) is 5.75 Å². The van der Waals surface area contributed by atoms with E-state index in [1.807, 2.05) is 25.1 Å². The van der Waals surface area contributed by atoms with Crippen molar-refractivity contribution in [1.82, 2.24) is 0 Å². The maximum atomic E-state index is 12.0. The van der Waals surface area contributed by atoms with Gasteiger partial charge in [0, 0.05) is 12.2 Å². The number of Topliss-reactive ketones (excluding diaryl/α,β-unsaturated/α-hetero) is 1. The minimum absolute atomic E-state index is 0.168. The molecule has 0 aliphatic rings. The van der Waals surface area contributed by atoms with Gasteiger partial charge in [0.15, 0.2) is 5.78 Å². The molecule has 0 amide bonds. The lowest BCUT2D eigenvalue weighted by molar-refractivity contribution is 0.0986. The molecule has 0 heterocycles. The number of ether oxygens (including phenoxy) is 1. The van der Waals surface area contributed by atoms with Crippen molar-refractivity contribution in [2.24, 2.45) is 0 Å². The topological polar surface area (TPSA) is 26.3 Å². The van der Waals surface area contributed by atoms with E-state index >= 15 is 0 Å². The Morgan fingerprint density at radius 3 is 2.81 bits per heavy atom. The van der Waals surface area contributed by atoms with Crippen LogP contribution < -0.4 is 4.74 Å². The number of benzene rings is 1. The van der Waals surface area contributed by atoms with E-state index in [1.54, 1.807) is 18.9 Å². The first-order valence-corrected chi connectivity index (χ1v) is 6.60. The fourth-order valence-electron chi connectivity index (χ4n) is 1.48. The van der Waals surface area contributed by atoms with Crippen LogP contribution in [0.25, 0.3) is 0 Å². The average molecular weight is 238 g/mol. The Kier molecular flexibility index (Phi) is 5.39. The third kappa shape index (κ3) is 3.56. The smallest absolute Gasteiger partial charge is 0.167 e. The molecule has 0 saturated carbocycles. The molecule has 1 rings (SSSR count). The van der Waals surface area contributed by atoms with Crippen molar-refractivity contribution in [2.45, 2.75) is 20.3 Å². The van der Waals surface area contributed by atoms with Crippen LogP contribution >= 0.6 is 11.8 Å². The van der Waals surface area contributed by atoms with Crippen LogP contribution in [-0.4, -0.2) is 24.4 Å². The van der Waals surface area contributed by atoms with E-state index in [-0.39, 0.29) is 5.78 Å². The van der Waals surface area contributed by atoms with Gasteiger partial charge in [-0.15, -0.1) is 0 Å². The summed E-state index contributed by atoms with van der Waals surface area (Å²) in [5.74, 6) is 2.78. The van der Waals surface area contributed by atoms with Crippen molar-refractivity contribution in [3.63, 3.8) is 0 Å². The predicted molar refractivity (Wildman–Crippen MR) is 69.7 cm³/mol. The third-order valence-electron chi connectivity index (χ3n) is 2.33. The number of thioether (sulfide) groups is 1. The molecular formula is C13H18O2S. The molecule has 0 radical (unpaired) electrons. The van der Waals surface area contributed by atoms with Crippen LogP contribution in [0.5, 0.6) is 5.75 Å². The fraction of sp³-hybridized carbons (Fsp3) is 0.462. The van der Waals surface area contributed by atoms with Gasteiger partial charge in [0.2, 0.25) is 0 Å². The number of ketones is 1. The minimum Gasteiger partial charge on any atom is -0.496 e. The highest BCUT2D eigenvalue weighted by Gasteiger charge is 2.11. The number of rotatable bonds is 6. The summed E-state index contributed by atoms with van der Waals surface area (Å²) in [4.78, 5) is 12.0. The monoisotopic (exact) mass is 238 g/mol. The fourth-order valence-corrected chi connectivity index (χ4v) is 2.10. The standard InChI is InChI=1S/C13H18O2S/c1-4-16-8-7-12(14)11-9-10(2)5-6-13(11)15-3/h5-6,9H,4,7-8H2,1-3H3. The summed E-state index contributed by atoms with van der Waals surface area (Å²) in [5.41, 5.74) is 1.80. The van der Waals surface area contributed by atoms with Crippen LogP contribution in [0.4, 0.5) is 0 Å². The van der Waals surface area contributed by atoms with Gasteiger partial charge in [-0.25, -0.2) is 0 Å². The zero-order valence-electron chi connectivity index (χ0n) is 10.1. The van der Waals surface area contributed by atoms with E-state index in [0.29, 0.717) is 17.7 Å². The van der Waals surface area contributed by atoms with Crippen molar-refractivity contribution in [2.75, 3.05) is 18.6 Å². The van der Waals surface area contributed by atoms with Crippen LogP contribution in [0.15, 0.2) is 18.2 Å². The molecule has 0 N–H and O–H groups in total. The van der Waals surface area contributed by atoms with Crippen LogP contribution in [-0.2, 0) is 0 Å². The second kappa shape index (κ2) is 6.59. The maximum Gasteiger partial charge on any atom is 0.167 e. The maximum absolute atomic E-state index is 12.0. The summed E-state index contributed by atoms with van der Waals surface area (Å²) in [5, 5.41) is 0. The van der Waals surface area contributed by atoms with Crippen LogP contribution in [0.3, 0.4) is 0 Å². The third-order valence-corrected chi connectivity index (χ3v) is 3.23. The quantitative estimate of drug-likeness (QED) is 0.561. The van der Waals surface area contributed by atoms with Gasteiger partial charge in [0.25, 0.3) is 0 Å². The summed E-state index contributed by atoms with van der Waals surface area (Å²) >= 11 is 1.79. The number of carbonyl (C=O) groups excluding carboxylic acids is 1. The normalized spacial score (nSPS) is 10.2. The molecule has 0 aromatic heterocycles. The summed E-state index contributed by atoms with van der Waals surface area (Å²) in [6.45, 7) is 4.08. The van der Waals surface area contributed by atoms with Gasteiger partial charge in [-0.2, -0.15) is 11.8 Å². The van der Waals surface area contributed by atoms with Gasteiger partial charge in [-0.1, -0.05) is 18.6 Å². The second-order valence-corrected chi connectivity index (χ2v) is 4.97. The largest absolute Gasteiger partial charge is 0.496 e. The zero-order valence-corrected chi connectivity index (χ0v) is 10.9. The summed E-state index contributed by atoms with van der Waals surface area (Å²) in [7, 11) is 1.60. The number of hydrogen-bond donors (Lipinski definition) is 0. The second-order valence-electron chi connectivity index (χ2n) is 3.57. The molecule has 1 aromatic carbocycles. The molecule has 16 heavy (non-hydrogen) atoms. The Morgan fingerprint density at radius 1 is 1.44 bits per heavy atom. The number of aryl methyl sites for hydroxylation is 1. The van der Waals surface area contributed by atoms with Gasteiger partial charge in [0.05, 0.1) is 12.7 Å². The Balaban J connectivity index is 2.76. The van der Waals surface area contributed by atoms with E-state index < -0.39 is 0 Å². The van der Waals surface area contributed by atoms with Crippen LogP contribution in [0, 0.1) is 6.92 Å². The highest BCUT2D eigenvalue weighted by Crippen LogP contribution is 2.21. The molecule has 0 atom stereocenters. The zero-order chi connectivity index (χ0) is 12.0. The molecule has 0 bridgehead atoms. The first-order valence-electron chi connectivity index (χ1n) is 5.44. The number of hydrogen-bond acceptors (Lipinski definition) is 3. The van der Waals surface area contributed by atoms with E-state index in [4.69, 9.17) is 4.74 Å². The average Bonchev–Trinajstić information content (AvgIpc) is 2.29. The molecule has 0 saturated heterocycles. The molecule has 0 spiro atoms. The van der Waals surface area contributed by atoms with E-state index in [2.05, 4.69) is 6.92 Å². The Labute approximate surface area is 101 Å². The highest BCUT2D eigenvalue weighted by atomic mass is 32.2. The number of methoxy groups -OCH3 is 1. The first-order chi connectivity index (χ1) is 7.69.